The zero-order valence-electron chi connectivity index (χ0n) is 14.1. The fourth-order valence-corrected chi connectivity index (χ4v) is 2.98. The van der Waals surface area contributed by atoms with Gasteiger partial charge in [0.25, 0.3) is 5.91 Å². The number of aliphatic carboxylic acids is 1. The van der Waals surface area contributed by atoms with Gasteiger partial charge in [0.05, 0.1) is 0 Å². The maximum absolute atomic E-state index is 12.1. The molecule has 0 aliphatic carbocycles. The number of carboxylic acids is 2. The Morgan fingerprint density at radius 2 is 1.81 bits per heavy atom. The lowest BCUT2D eigenvalue weighted by molar-refractivity contribution is -0.139. The summed E-state index contributed by atoms with van der Waals surface area (Å²) in [6.45, 7) is 0.773. The van der Waals surface area contributed by atoms with Crippen molar-refractivity contribution in [3.63, 3.8) is 0 Å². The number of nitrogens with two attached hydrogens (primary N) is 1. The van der Waals surface area contributed by atoms with Crippen molar-refractivity contribution in [2.75, 3.05) is 6.61 Å². The number of amides is 2. The van der Waals surface area contributed by atoms with Crippen LogP contribution in [0.25, 0.3) is 11.1 Å². The number of benzene rings is 1. The number of nitrogens with one attached hydrogen (secondary N) is 1. The van der Waals surface area contributed by atoms with Crippen LogP contribution in [0, 0.1) is 0 Å². The van der Waals surface area contributed by atoms with Crippen molar-refractivity contribution in [1.82, 2.24) is 5.32 Å². The number of thiophene rings is 1. The van der Waals surface area contributed by atoms with Crippen LogP contribution in [-0.4, -0.2) is 46.6 Å². The molecule has 2 aromatic rings. The first-order valence-electron chi connectivity index (χ1n) is 7.60. The molecule has 2 rings (SSSR count). The molecule has 0 saturated carbocycles. The van der Waals surface area contributed by atoms with Gasteiger partial charge < -0.3 is 26.0 Å². The van der Waals surface area contributed by atoms with Crippen molar-refractivity contribution < 1.29 is 34.1 Å². The van der Waals surface area contributed by atoms with E-state index in [4.69, 9.17) is 15.6 Å². The first-order valence-corrected chi connectivity index (χ1v) is 8.48. The summed E-state index contributed by atoms with van der Waals surface area (Å²) in [7, 11) is 0. The van der Waals surface area contributed by atoms with Gasteiger partial charge in [-0.05, 0) is 24.6 Å². The van der Waals surface area contributed by atoms with Crippen LogP contribution < -0.4 is 15.8 Å². The molecule has 10 heteroatoms. The summed E-state index contributed by atoms with van der Waals surface area (Å²) in [5, 5.41) is 22.0. The van der Waals surface area contributed by atoms with Crippen molar-refractivity contribution in [3.05, 3.63) is 40.1 Å². The normalized spacial score (nSPS) is 11.4. The van der Waals surface area contributed by atoms with Crippen LogP contribution in [0.4, 0.5) is 0 Å². The maximum Gasteiger partial charge on any atom is 0.349 e. The van der Waals surface area contributed by atoms with E-state index in [0.717, 1.165) is 11.3 Å². The van der Waals surface area contributed by atoms with E-state index in [0.29, 0.717) is 11.1 Å². The van der Waals surface area contributed by atoms with Crippen molar-refractivity contribution in [3.8, 4) is 16.9 Å². The van der Waals surface area contributed by atoms with Gasteiger partial charge in [-0.25, -0.2) is 9.59 Å². The average Bonchev–Trinajstić information content (AvgIpc) is 3.04. The van der Waals surface area contributed by atoms with Gasteiger partial charge in [-0.15, -0.1) is 11.3 Å². The number of primary amides is 1. The van der Waals surface area contributed by atoms with E-state index in [1.54, 1.807) is 12.1 Å². The highest BCUT2D eigenvalue weighted by molar-refractivity contribution is 7.12. The minimum absolute atomic E-state index is 0.0468. The molecule has 0 saturated heterocycles. The standard InChI is InChI=1S/C17H16N2O7S/c1-8(15(18)22)19-16(23)10-4-2-9(3-5-10)11-7-27-14(17(24)25)13(11)26-6-12(20)21/h2-5,7-8H,6H2,1H3,(H2,18,22)(H,19,23)(H,20,21)(H,24,25). The fraction of sp³-hybridized carbons (Fsp3) is 0.176. The van der Waals surface area contributed by atoms with Crippen LogP contribution >= 0.6 is 11.3 Å². The molecule has 0 radical (unpaired) electrons. The minimum Gasteiger partial charge on any atom is -0.479 e. The van der Waals surface area contributed by atoms with Crippen LogP contribution in [0.2, 0.25) is 0 Å². The topological polar surface area (TPSA) is 156 Å². The zero-order valence-corrected chi connectivity index (χ0v) is 14.9. The smallest absolute Gasteiger partial charge is 0.349 e. The number of carbonyl (C=O) groups is 4. The first-order chi connectivity index (χ1) is 12.7. The Balaban J connectivity index is 2.28. The average molecular weight is 392 g/mol. The van der Waals surface area contributed by atoms with Gasteiger partial charge in [0.15, 0.2) is 17.2 Å². The monoisotopic (exact) mass is 392 g/mol. The zero-order chi connectivity index (χ0) is 20.1. The lowest BCUT2D eigenvalue weighted by Crippen LogP contribution is -2.42. The summed E-state index contributed by atoms with van der Waals surface area (Å²) in [5.41, 5.74) is 6.31. The number of hydrogen-bond donors (Lipinski definition) is 4. The molecule has 9 nitrogen and oxygen atoms in total. The molecule has 0 aliphatic heterocycles. The van der Waals surface area contributed by atoms with E-state index in [1.165, 1.54) is 24.4 Å². The van der Waals surface area contributed by atoms with E-state index < -0.39 is 36.4 Å². The summed E-state index contributed by atoms with van der Waals surface area (Å²) in [6.07, 6.45) is 0. The van der Waals surface area contributed by atoms with E-state index in [2.05, 4.69) is 5.32 Å². The van der Waals surface area contributed by atoms with Crippen molar-refractivity contribution in [1.29, 1.82) is 0 Å². The lowest BCUT2D eigenvalue weighted by atomic mass is 10.0. The second-order valence-corrected chi connectivity index (χ2v) is 6.35. The van der Waals surface area contributed by atoms with E-state index in [-0.39, 0.29) is 16.2 Å². The second kappa shape index (κ2) is 8.32. The summed E-state index contributed by atoms with van der Waals surface area (Å²) >= 11 is 0.905. The molecule has 1 aromatic carbocycles. The SMILES string of the molecule is CC(NC(=O)c1ccc(-c2csc(C(=O)O)c2OCC(=O)O)cc1)C(N)=O. The number of carbonyl (C=O) groups excluding carboxylic acids is 2. The van der Waals surface area contributed by atoms with Gasteiger partial charge in [0.1, 0.15) is 6.04 Å². The van der Waals surface area contributed by atoms with Crippen molar-refractivity contribution in [2.45, 2.75) is 13.0 Å². The van der Waals surface area contributed by atoms with Gasteiger partial charge in [-0.2, -0.15) is 0 Å². The number of rotatable bonds is 8. The molecule has 1 heterocycles. The van der Waals surface area contributed by atoms with Gasteiger partial charge in [0, 0.05) is 16.5 Å². The molecule has 1 atom stereocenters. The molecule has 1 aromatic heterocycles. The van der Waals surface area contributed by atoms with Crippen LogP contribution in [0.3, 0.4) is 0 Å². The molecule has 1 unspecified atom stereocenters. The Morgan fingerprint density at radius 1 is 1.19 bits per heavy atom. The Labute approximate surface area is 157 Å². The second-order valence-electron chi connectivity index (χ2n) is 5.47. The molecular weight excluding hydrogens is 376 g/mol. The fourth-order valence-electron chi connectivity index (χ4n) is 2.12. The lowest BCUT2D eigenvalue weighted by Gasteiger charge is -2.11. The molecule has 0 aliphatic rings. The number of ether oxygens (including phenoxy) is 1. The molecule has 0 bridgehead atoms. The van der Waals surface area contributed by atoms with Gasteiger partial charge in [0.2, 0.25) is 5.91 Å². The molecule has 142 valence electrons. The molecule has 0 spiro atoms. The number of carboxylic acid groups (broad SMARTS) is 2. The molecule has 0 fully saturated rings. The summed E-state index contributed by atoms with van der Waals surface area (Å²) in [4.78, 5) is 45.0. The van der Waals surface area contributed by atoms with Crippen LogP contribution in [0.15, 0.2) is 29.6 Å². The van der Waals surface area contributed by atoms with E-state index in [1.807, 2.05) is 0 Å². The van der Waals surface area contributed by atoms with Crippen molar-refractivity contribution in [2.24, 2.45) is 5.73 Å². The van der Waals surface area contributed by atoms with Gasteiger partial charge in [-0.3, -0.25) is 9.59 Å². The number of hydrogen-bond acceptors (Lipinski definition) is 6. The third-order valence-electron chi connectivity index (χ3n) is 3.51. The molecule has 27 heavy (non-hydrogen) atoms. The minimum atomic E-state index is -1.24. The molecule has 2 amide bonds. The highest BCUT2D eigenvalue weighted by Crippen LogP contribution is 2.38. The quantitative estimate of drug-likeness (QED) is 0.525. The summed E-state index contributed by atoms with van der Waals surface area (Å²) in [5.74, 6) is -3.68. The van der Waals surface area contributed by atoms with Crippen LogP contribution in [0.1, 0.15) is 27.0 Å². The van der Waals surface area contributed by atoms with Crippen LogP contribution in [0.5, 0.6) is 5.75 Å². The summed E-state index contributed by atoms with van der Waals surface area (Å²) < 4.78 is 5.14. The third kappa shape index (κ3) is 4.82. The Hall–Kier alpha value is -3.40. The van der Waals surface area contributed by atoms with Crippen molar-refractivity contribution >= 4 is 35.1 Å². The molecular formula is C17H16N2O7S. The highest BCUT2D eigenvalue weighted by Gasteiger charge is 2.21. The Kier molecular flexibility index (Phi) is 6.14. The van der Waals surface area contributed by atoms with Gasteiger partial charge >= 0.3 is 11.9 Å². The maximum atomic E-state index is 12.1. The Bertz CT molecular complexity index is 889. The number of aromatic carboxylic acids is 1. The Morgan fingerprint density at radius 3 is 2.33 bits per heavy atom. The third-order valence-corrected chi connectivity index (χ3v) is 4.46. The van der Waals surface area contributed by atoms with Gasteiger partial charge in [-0.1, -0.05) is 12.1 Å². The highest BCUT2D eigenvalue weighted by atomic mass is 32.1. The largest absolute Gasteiger partial charge is 0.479 e. The van der Waals surface area contributed by atoms with E-state index >= 15 is 0 Å². The predicted octanol–water partition coefficient (Wildman–Crippen LogP) is 1.18. The van der Waals surface area contributed by atoms with Crippen LogP contribution in [-0.2, 0) is 9.59 Å². The molecule has 5 N–H and O–H groups in total. The first kappa shape index (κ1) is 19.9. The predicted molar refractivity (Wildman–Crippen MR) is 96.0 cm³/mol. The summed E-state index contributed by atoms with van der Waals surface area (Å²) in [6, 6.07) is 5.26. The van der Waals surface area contributed by atoms with E-state index in [9.17, 15) is 24.3 Å².